The SMILES string of the molecule is Cc1ccc(N2C(=O)/C(=C/c3ccc(C(=O)OCC(=O)Nc4ccc(Cl)cc4)cc3)N=C2SCC(=O)Nc2ccc(Cl)cc2)cc1. The minimum absolute atomic E-state index is 0.0128. The van der Waals surface area contributed by atoms with Crippen molar-refractivity contribution in [2.24, 2.45) is 4.99 Å². The number of aryl methyl sites for hydroxylation is 1. The number of amidine groups is 1. The van der Waals surface area contributed by atoms with Crippen LogP contribution in [0.1, 0.15) is 21.5 Å². The van der Waals surface area contributed by atoms with Gasteiger partial charge in [-0.25, -0.2) is 9.79 Å². The third-order valence-electron chi connectivity index (χ3n) is 6.49. The molecule has 5 rings (SSSR count). The first-order valence-corrected chi connectivity index (χ1v) is 15.6. The van der Waals surface area contributed by atoms with Gasteiger partial charge in [0, 0.05) is 21.4 Å². The molecular formula is C34H26Cl2N4O5S. The molecule has 1 aliphatic heterocycles. The second kappa shape index (κ2) is 14.9. The molecule has 4 aromatic rings. The summed E-state index contributed by atoms with van der Waals surface area (Å²) < 4.78 is 5.13. The van der Waals surface area contributed by atoms with Crippen molar-refractivity contribution in [3.8, 4) is 0 Å². The largest absolute Gasteiger partial charge is 0.452 e. The van der Waals surface area contributed by atoms with Gasteiger partial charge in [-0.05, 0) is 91.4 Å². The molecule has 0 aromatic heterocycles. The van der Waals surface area contributed by atoms with Crippen LogP contribution in [0, 0.1) is 6.92 Å². The number of thioether (sulfide) groups is 1. The number of nitrogens with one attached hydrogen (secondary N) is 2. The fraction of sp³-hybridized carbons (Fsp3) is 0.0882. The number of ether oxygens (including phenoxy) is 1. The monoisotopic (exact) mass is 672 g/mol. The van der Waals surface area contributed by atoms with E-state index in [9.17, 15) is 19.2 Å². The van der Waals surface area contributed by atoms with Crippen molar-refractivity contribution in [3.05, 3.63) is 129 Å². The molecule has 232 valence electrons. The summed E-state index contributed by atoms with van der Waals surface area (Å²) in [5.74, 6) is -1.79. The lowest BCUT2D eigenvalue weighted by molar-refractivity contribution is -0.119. The third kappa shape index (κ3) is 8.63. The highest BCUT2D eigenvalue weighted by Gasteiger charge is 2.32. The average molecular weight is 674 g/mol. The van der Waals surface area contributed by atoms with E-state index < -0.39 is 18.5 Å². The molecule has 0 fully saturated rings. The van der Waals surface area contributed by atoms with E-state index in [1.807, 2.05) is 31.2 Å². The number of hydrogen-bond acceptors (Lipinski definition) is 7. The van der Waals surface area contributed by atoms with Crippen LogP contribution in [-0.4, -0.2) is 41.2 Å². The van der Waals surface area contributed by atoms with Gasteiger partial charge in [-0.1, -0.05) is 64.8 Å². The fourth-order valence-corrected chi connectivity index (χ4v) is 5.26. The van der Waals surface area contributed by atoms with Crippen molar-refractivity contribution in [3.63, 3.8) is 0 Å². The smallest absolute Gasteiger partial charge is 0.338 e. The first-order valence-electron chi connectivity index (χ1n) is 13.9. The standard InChI is InChI=1S/C34H26Cl2N4O5S/c1-21-2-16-28(17-3-21)40-32(43)29(39-34(40)46-20-31(42)38-27-14-10-25(36)11-15-27)18-22-4-6-23(7-5-22)33(44)45-19-30(41)37-26-12-8-24(35)9-13-26/h2-18H,19-20H2,1H3,(H,37,41)(H,38,42)/b29-18-. The molecule has 9 nitrogen and oxygen atoms in total. The molecule has 2 N–H and O–H groups in total. The topological polar surface area (TPSA) is 117 Å². The Labute approximate surface area is 279 Å². The lowest BCUT2D eigenvalue weighted by atomic mass is 10.1. The molecule has 4 aromatic carbocycles. The minimum Gasteiger partial charge on any atom is -0.452 e. The Morgan fingerprint density at radius 3 is 1.96 bits per heavy atom. The summed E-state index contributed by atoms with van der Waals surface area (Å²) in [7, 11) is 0. The summed E-state index contributed by atoms with van der Waals surface area (Å²) >= 11 is 12.9. The maximum absolute atomic E-state index is 13.5. The lowest BCUT2D eigenvalue weighted by Gasteiger charge is -2.18. The maximum Gasteiger partial charge on any atom is 0.338 e. The van der Waals surface area contributed by atoms with Crippen LogP contribution in [-0.2, 0) is 19.1 Å². The number of benzene rings is 4. The second-order valence-corrected chi connectivity index (χ2v) is 11.8. The Morgan fingerprint density at radius 2 is 1.37 bits per heavy atom. The van der Waals surface area contributed by atoms with E-state index in [1.54, 1.807) is 66.7 Å². The zero-order chi connectivity index (χ0) is 32.6. The molecule has 12 heteroatoms. The number of anilines is 3. The number of esters is 1. The zero-order valence-electron chi connectivity index (χ0n) is 24.3. The molecule has 1 aliphatic rings. The van der Waals surface area contributed by atoms with Crippen LogP contribution < -0.4 is 15.5 Å². The van der Waals surface area contributed by atoms with Crippen molar-refractivity contribution in [1.29, 1.82) is 0 Å². The minimum atomic E-state index is -0.679. The van der Waals surface area contributed by atoms with E-state index in [4.69, 9.17) is 27.9 Å². The van der Waals surface area contributed by atoms with Gasteiger partial charge in [0.05, 0.1) is 17.0 Å². The van der Waals surface area contributed by atoms with Crippen molar-refractivity contribution >= 4 is 87.0 Å². The average Bonchev–Trinajstić information content (AvgIpc) is 3.36. The first-order chi connectivity index (χ1) is 22.1. The van der Waals surface area contributed by atoms with Gasteiger partial charge in [0.25, 0.3) is 11.8 Å². The predicted octanol–water partition coefficient (Wildman–Crippen LogP) is 7.21. The van der Waals surface area contributed by atoms with E-state index in [-0.39, 0.29) is 28.8 Å². The van der Waals surface area contributed by atoms with Crippen LogP contribution in [0.3, 0.4) is 0 Å². The number of carbonyl (C=O) groups is 4. The van der Waals surface area contributed by atoms with Crippen LogP contribution in [0.5, 0.6) is 0 Å². The predicted molar refractivity (Wildman–Crippen MR) is 183 cm³/mol. The van der Waals surface area contributed by atoms with Crippen molar-refractivity contribution in [2.45, 2.75) is 6.92 Å². The lowest BCUT2D eigenvalue weighted by Crippen LogP contribution is -2.31. The molecule has 0 spiro atoms. The summed E-state index contributed by atoms with van der Waals surface area (Å²) in [5, 5.41) is 6.87. The number of hydrogen-bond donors (Lipinski definition) is 2. The quantitative estimate of drug-likeness (QED) is 0.143. The van der Waals surface area contributed by atoms with Gasteiger partial charge in [-0.15, -0.1) is 0 Å². The van der Waals surface area contributed by atoms with Crippen LogP contribution in [0.4, 0.5) is 17.1 Å². The van der Waals surface area contributed by atoms with Gasteiger partial charge < -0.3 is 15.4 Å². The number of nitrogens with zero attached hydrogens (tertiary/aromatic N) is 2. The molecular weight excluding hydrogens is 647 g/mol. The van der Waals surface area contributed by atoms with Gasteiger partial charge in [0.15, 0.2) is 11.8 Å². The van der Waals surface area contributed by atoms with E-state index in [0.29, 0.717) is 37.8 Å². The highest BCUT2D eigenvalue weighted by molar-refractivity contribution is 8.14. The van der Waals surface area contributed by atoms with Crippen molar-refractivity contribution < 1.29 is 23.9 Å². The van der Waals surface area contributed by atoms with E-state index >= 15 is 0 Å². The van der Waals surface area contributed by atoms with Gasteiger partial charge in [0.1, 0.15) is 5.70 Å². The summed E-state index contributed by atoms with van der Waals surface area (Å²) in [6, 6.07) is 27.0. The van der Waals surface area contributed by atoms with E-state index in [2.05, 4.69) is 15.6 Å². The zero-order valence-corrected chi connectivity index (χ0v) is 26.7. The van der Waals surface area contributed by atoms with Gasteiger partial charge in [-0.3, -0.25) is 19.3 Å². The van der Waals surface area contributed by atoms with E-state index in [0.717, 1.165) is 17.3 Å². The summed E-state index contributed by atoms with van der Waals surface area (Å²) in [6.45, 7) is 1.48. The third-order valence-corrected chi connectivity index (χ3v) is 7.94. The number of carbonyl (C=O) groups excluding carboxylic acids is 4. The molecule has 0 unspecified atom stereocenters. The highest BCUT2D eigenvalue weighted by Crippen LogP contribution is 2.30. The highest BCUT2D eigenvalue weighted by atomic mass is 35.5. The molecule has 0 atom stereocenters. The van der Waals surface area contributed by atoms with Crippen LogP contribution in [0.2, 0.25) is 10.0 Å². The van der Waals surface area contributed by atoms with Crippen molar-refractivity contribution in [1.82, 2.24) is 0 Å². The number of rotatable bonds is 9. The van der Waals surface area contributed by atoms with Crippen LogP contribution >= 0.6 is 35.0 Å². The molecule has 0 saturated heterocycles. The summed E-state index contributed by atoms with van der Waals surface area (Å²) in [5.41, 5.74) is 3.77. The molecule has 1 heterocycles. The summed E-state index contributed by atoms with van der Waals surface area (Å²) in [6.07, 6.45) is 1.60. The number of aliphatic imine (C=N–C) groups is 1. The molecule has 0 radical (unpaired) electrons. The van der Waals surface area contributed by atoms with Gasteiger partial charge in [-0.2, -0.15) is 0 Å². The first kappa shape index (κ1) is 32.5. The summed E-state index contributed by atoms with van der Waals surface area (Å²) in [4.78, 5) is 56.9. The van der Waals surface area contributed by atoms with Crippen molar-refractivity contribution in [2.75, 3.05) is 27.9 Å². The molecule has 0 aliphatic carbocycles. The van der Waals surface area contributed by atoms with E-state index in [1.165, 1.54) is 17.0 Å². The Balaban J connectivity index is 1.25. The molecule has 0 saturated carbocycles. The number of halogens is 2. The Kier molecular flexibility index (Phi) is 10.5. The van der Waals surface area contributed by atoms with Crippen LogP contribution in [0.15, 0.2) is 108 Å². The Morgan fingerprint density at radius 1 is 0.804 bits per heavy atom. The molecule has 3 amide bonds. The Hall–Kier alpha value is -4.90. The number of amides is 3. The fourth-order valence-electron chi connectivity index (χ4n) is 4.19. The molecule has 46 heavy (non-hydrogen) atoms. The Bertz CT molecular complexity index is 1830. The van der Waals surface area contributed by atoms with Gasteiger partial charge >= 0.3 is 5.97 Å². The van der Waals surface area contributed by atoms with Gasteiger partial charge in [0.2, 0.25) is 5.91 Å². The molecule has 0 bridgehead atoms. The maximum atomic E-state index is 13.5. The normalized spacial score (nSPS) is 13.4. The van der Waals surface area contributed by atoms with Crippen LogP contribution in [0.25, 0.3) is 6.08 Å². The second-order valence-electron chi connectivity index (χ2n) is 10.00.